The zero-order valence-electron chi connectivity index (χ0n) is 10.3. The Balaban J connectivity index is 2.57. The minimum atomic E-state index is -0.408. The molecule has 4 N–H and O–H groups in total. The maximum atomic E-state index is 11.9. The molecule has 8 heteroatoms. The van der Waals surface area contributed by atoms with Crippen LogP contribution in [0.3, 0.4) is 0 Å². The van der Waals surface area contributed by atoms with Crippen LogP contribution in [-0.2, 0) is 5.41 Å². The molecule has 0 saturated carbocycles. The molecule has 0 bridgehead atoms. The number of hydrogen-bond donors (Lipinski definition) is 3. The highest BCUT2D eigenvalue weighted by Crippen LogP contribution is 2.15. The molecule has 0 radical (unpaired) electrons. The van der Waals surface area contributed by atoms with Gasteiger partial charge in [-0.2, -0.15) is 0 Å². The first-order valence-electron chi connectivity index (χ1n) is 5.34. The van der Waals surface area contributed by atoms with Crippen molar-refractivity contribution in [3.8, 4) is 5.95 Å². The molecule has 0 spiro atoms. The van der Waals surface area contributed by atoms with Crippen LogP contribution in [0.4, 0.5) is 5.82 Å². The van der Waals surface area contributed by atoms with E-state index in [9.17, 15) is 9.59 Å². The predicted octanol–water partition coefficient (Wildman–Crippen LogP) is -0.476. The minimum absolute atomic E-state index is 0.0765. The zero-order valence-corrected chi connectivity index (χ0v) is 10.3. The Hall–Kier alpha value is -2.38. The van der Waals surface area contributed by atoms with Crippen molar-refractivity contribution in [3.63, 3.8) is 0 Å². The Morgan fingerprint density at radius 2 is 1.94 bits per heavy atom. The largest absolute Gasteiger partial charge is 0.383 e. The molecule has 2 aromatic heterocycles. The number of aromatic amines is 2. The molecule has 0 aliphatic carbocycles. The van der Waals surface area contributed by atoms with Gasteiger partial charge in [0.1, 0.15) is 11.5 Å². The van der Waals surface area contributed by atoms with Gasteiger partial charge in [-0.3, -0.25) is 19.7 Å². The van der Waals surface area contributed by atoms with E-state index in [1.807, 2.05) is 20.8 Å². The van der Waals surface area contributed by atoms with Crippen molar-refractivity contribution in [3.05, 3.63) is 32.5 Å². The second-order valence-corrected chi connectivity index (χ2v) is 4.96. The fourth-order valence-electron chi connectivity index (χ4n) is 1.50. The Morgan fingerprint density at radius 3 is 2.39 bits per heavy atom. The van der Waals surface area contributed by atoms with Crippen molar-refractivity contribution in [1.82, 2.24) is 25.0 Å². The van der Waals surface area contributed by atoms with Crippen molar-refractivity contribution < 1.29 is 0 Å². The number of anilines is 1. The van der Waals surface area contributed by atoms with Gasteiger partial charge in [0, 0.05) is 11.5 Å². The molecule has 18 heavy (non-hydrogen) atoms. The van der Waals surface area contributed by atoms with Crippen LogP contribution >= 0.6 is 0 Å². The third kappa shape index (κ3) is 2.04. The molecule has 0 fully saturated rings. The number of rotatable bonds is 1. The van der Waals surface area contributed by atoms with Gasteiger partial charge in [-0.25, -0.2) is 4.68 Å². The summed E-state index contributed by atoms with van der Waals surface area (Å²) < 4.78 is 1.17. The van der Waals surface area contributed by atoms with E-state index in [1.165, 1.54) is 10.7 Å². The lowest BCUT2D eigenvalue weighted by Gasteiger charge is -2.15. The summed E-state index contributed by atoms with van der Waals surface area (Å²) in [4.78, 5) is 25.5. The van der Waals surface area contributed by atoms with Crippen molar-refractivity contribution in [2.45, 2.75) is 26.2 Å². The number of nitrogens with zero attached hydrogens (tertiary/aromatic N) is 3. The lowest BCUT2D eigenvalue weighted by atomic mass is 9.93. The first-order chi connectivity index (χ1) is 8.29. The first-order valence-corrected chi connectivity index (χ1v) is 5.34. The Bertz CT molecular complexity index is 687. The van der Waals surface area contributed by atoms with E-state index in [0.29, 0.717) is 5.69 Å². The van der Waals surface area contributed by atoms with Crippen LogP contribution in [-0.4, -0.2) is 25.0 Å². The highest BCUT2D eigenvalue weighted by atomic mass is 16.1. The molecule has 96 valence electrons. The molecule has 8 nitrogen and oxygen atoms in total. The summed E-state index contributed by atoms with van der Waals surface area (Å²) in [6.45, 7) is 5.58. The van der Waals surface area contributed by atoms with Gasteiger partial charge in [0.15, 0.2) is 0 Å². The molecular formula is C10H14N6O2. The molecule has 0 aliphatic rings. The summed E-state index contributed by atoms with van der Waals surface area (Å²) in [5, 5.41) is 10.2. The number of nitrogens with two attached hydrogens (primary N) is 1. The quantitative estimate of drug-likeness (QED) is 0.631. The van der Waals surface area contributed by atoms with Crippen LogP contribution in [0.5, 0.6) is 0 Å². The Labute approximate surface area is 102 Å². The van der Waals surface area contributed by atoms with Crippen LogP contribution in [0.2, 0.25) is 0 Å². The number of H-pyrrole nitrogens is 2. The third-order valence-corrected chi connectivity index (χ3v) is 2.37. The second kappa shape index (κ2) is 3.83. The minimum Gasteiger partial charge on any atom is -0.383 e. The van der Waals surface area contributed by atoms with E-state index in [4.69, 9.17) is 5.73 Å². The van der Waals surface area contributed by atoms with E-state index in [2.05, 4.69) is 20.3 Å². The molecule has 2 heterocycles. The first kappa shape index (κ1) is 12.1. The monoisotopic (exact) mass is 250 g/mol. The summed E-state index contributed by atoms with van der Waals surface area (Å²) >= 11 is 0. The fourth-order valence-corrected chi connectivity index (χ4v) is 1.50. The standard InChI is InChI=1S/C10H14N6O2/c1-10(2,3)7-8(18)12-9(14-13-7)16-5(11)4-6(17)15-16/h4H,11H2,1-3H3,(H,15,17)(H,12,14,18). The smallest absolute Gasteiger partial charge is 0.274 e. The summed E-state index contributed by atoms with van der Waals surface area (Å²) in [5.41, 5.74) is 4.76. The van der Waals surface area contributed by atoms with Crippen molar-refractivity contribution in [2.75, 3.05) is 5.73 Å². The van der Waals surface area contributed by atoms with Crippen molar-refractivity contribution in [1.29, 1.82) is 0 Å². The van der Waals surface area contributed by atoms with Gasteiger partial charge in [-0.15, -0.1) is 10.2 Å². The Kier molecular flexibility index (Phi) is 2.57. The molecule has 0 atom stereocenters. The van der Waals surface area contributed by atoms with E-state index in [0.717, 1.165) is 0 Å². The predicted molar refractivity (Wildman–Crippen MR) is 65.7 cm³/mol. The molecule has 0 aromatic carbocycles. The van der Waals surface area contributed by atoms with Crippen LogP contribution in [0.25, 0.3) is 5.95 Å². The molecule has 0 unspecified atom stereocenters. The number of hydrogen-bond acceptors (Lipinski definition) is 5. The Morgan fingerprint density at radius 1 is 1.28 bits per heavy atom. The lowest BCUT2D eigenvalue weighted by Crippen LogP contribution is -2.29. The van der Waals surface area contributed by atoms with E-state index in [-0.39, 0.29) is 22.9 Å². The molecule has 2 aromatic rings. The van der Waals surface area contributed by atoms with Gasteiger partial charge in [0.25, 0.3) is 17.1 Å². The van der Waals surface area contributed by atoms with Gasteiger partial charge < -0.3 is 5.73 Å². The summed E-state index contributed by atoms with van der Waals surface area (Å²) in [7, 11) is 0. The fraction of sp³-hybridized carbons (Fsp3) is 0.400. The third-order valence-electron chi connectivity index (χ3n) is 2.37. The maximum absolute atomic E-state index is 11.9. The number of aromatic nitrogens is 5. The molecule has 0 saturated heterocycles. The maximum Gasteiger partial charge on any atom is 0.274 e. The number of nitrogens with one attached hydrogen (secondary N) is 2. The van der Waals surface area contributed by atoms with Crippen LogP contribution in [0, 0.1) is 0 Å². The van der Waals surface area contributed by atoms with Gasteiger partial charge in [-0.05, 0) is 0 Å². The lowest BCUT2D eigenvalue weighted by molar-refractivity contribution is 0.542. The summed E-state index contributed by atoms with van der Waals surface area (Å²) in [5.74, 6) is 0.223. The van der Waals surface area contributed by atoms with Gasteiger partial charge in [0.05, 0.1) is 0 Å². The molecule has 0 aliphatic heterocycles. The van der Waals surface area contributed by atoms with E-state index < -0.39 is 5.41 Å². The van der Waals surface area contributed by atoms with Crippen molar-refractivity contribution in [2.24, 2.45) is 0 Å². The van der Waals surface area contributed by atoms with E-state index >= 15 is 0 Å². The summed E-state index contributed by atoms with van der Waals surface area (Å²) in [6.07, 6.45) is 0. The van der Waals surface area contributed by atoms with E-state index in [1.54, 1.807) is 0 Å². The van der Waals surface area contributed by atoms with Crippen LogP contribution in [0.1, 0.15) is 26.5 Å². The topological polar surface area (TPSA) is 122 Å². The van der Waals surface area contributed by atoms with Gasteiger partial charge >= 0.3 is 0 Å². The van der Waals surface area contributed by atoms with Gasteiger partial charge in [0.2, 0.25) is 0 Å². The average Bonchev–Trinajstić information content (AvgIpc) is 2.55. The number of nitrogen functional groups attached to an aromatic ring is 1. The zero-order chi connectivity index (χ0) is 13.5. The van der Waals surface area contributed by atoms with Crippen molar-refractivity contribution >= 4 is 5.82 Å². The average molecular weight is 250 g/mol. The van der Waals surface area contributed by atoms with Crippen LogP contribution in [0.15, 0.2) is 15.7 Å². The summed E-state index contributed by atoms with van der Waals surface area (Å²) in [6, 6.07) is 1.19. The molecule has 0 amide bonds. The van der Waals surface area contributed by atoms with Crippen LogP contribution < -0.4 is 16.9 Å². The normalized spacial score (nSPS) is 11.7. The second-order valence-electron chi connectivity index (χ2n) is 4.96. The highest BCUT2D eigenvalue weighted by Gasteiger charge is 2.21. The SMILES string of the molecule is CC(C)(C)c1nnc(-n2[nH]c(=O)cc2N)[nH]c1=O. The van der Waals surface area contributed by atoms with Gasteiger partial charge in [-0.1, -0.05) is 20.8 Å². The molecule has 2 rings (SSSR count). The molecular weight excluding hydrogens is 236 g/mol. The highest BCUT2D eigenvalue weighted by molar-refractivity contribution is 5.32.